The van der Waals surface area contributed by atoms with Gasteiger partial charge in [-0.05, 0) is 18.6 Å². The van der Waals surface area contributed by atoms with Gasteiger partial charge in [0.05, 0.1) is 12.1 Å². The van der Waals surface area contributed by atoms with Crippen molar-refractivity contribution in [2.24, 2.45) is 0 Å². The van der Waals surface area contributed by atoms with Crippen LogP contribution in [0.15, 0.2) is 6.07 Å². The van der Waals surface area contributed by atoms with Crippen LogP contribution in [0.2, 0.25) is 5.02 Å². The number of carbonyl (C=O) groups excluding carboxylic acids is 1. The van der Waals surface area contributed by atoms with E-state index < -0.39 is 0 Å². The molecule has 0 atom stereocenters. The maximum Gasteiger partial charge on any atom is 0.177 e. The molecule has 0 aliphatic carbocycles. The first kappa shape index (κ1) is 13.8. The minimum atomic E-state index is -0.132. The molecular formula is C11H15ClO3. The number of aldehydes is 1. The third-order valence-corrected chi connectivity index (χ3v) is 2.30. The van der Waals surface area contributed by atoms with Crippen molar-refractivity contribution >= 4 is 17.9 Å². The molecule has 0 heterocycles. The molecule has 1 aromatic carbocycles. The van der Waals surface area contributed by atoms with Gasteiger partial charge < -0.3 is 9.84 Å². The lowest BCUT2D eigenvalue weighted by molar-refractivity contribution is 0.112. The minimum absolute atomic E-state index is 0.132. The summed E-state index contributed by atoms with van der Waals surface area (Å²) in [4.78, 5) is 10.6. The van der Waals surface area contributed by atoms with E-state index in [1.807, 2.05) is 13.8 Å². The first-order chi connectivity index (χ1) is 7.11. The Morgan fingerprint density at radius 2 is 2.00 bits per heavy atom. The average Bonchev–Trinajstić information content (AvgIpc) is 2.29. The number of rotatable bonds is 2. The monoisotopic (exact) mass is 230 g/mol. The van der Waals surface area contributed by atoms with Crippen LogP contribution in [-0.4, -0.2) is 18.5 Å². The summed E-state index contributed by atoms with van der Waals surface area (Å²) in [5.41, 5.74) is 0.967. The molecule has 0 bridgehead atoms. The second kappa shape index (κ2) is 6.30. The number of aromatic hydroxyl groups is 1. The second-order valence-electron chi connectivity index (χ2n) is 2.57. The molecule has 84 valence electrons. The molecule has 4 heteroatoms. The molecule has 3 nitrogen and oxygen atoms in total. The molecule has 0 saturated carbocycles. The highest BCUT2D eigenvalue weighted by Gasteiger charge is 2.12. The van der Waals surface area contributed by atoms with E-state index in [1.54, 1.807) is 6.92 Å². The van der Waals surface area contributed by atoms with Gasteiger partial charge in [0.2, 0.25) is 0 Å². The maximum atomic E-state index is 10.6. The lowest BCUT2D eigenvalue weighted by Crippen LogP contribution is -1.92. The Hall–Kier alpha value is -1.22. The first-order valence-corrected chi connectivity index (χ1v) is 5.00. The number of ether oxygens (including phenoxy) is 1. The fourth-order valence-electron chi connectivity index (χ4n) is 1.01. The van der Waals surface area contributed by atoms with Crippen LogP contribution in [0.3, 0.4) is 0 Å². The molecule has 15 heavy (non-hydrogen) atoms. The molecule has 0 spiro atoms. The second-order valence-corrected chi connectivity index (χ2v) is 2.95. The van der Waals surface area contributed by atoms with Crippen LogP contribution in [-0.2, 0) is 0 Å². The van der Waals surface area contributed by atoms with Crippen molar-refractivity contribution in [2.45, 2.75) is 20.8 Å². The van der Waals surface area contributed by atoms with Gasteiger partial charge in [0, 0.05) is 5.56 Å². The standard InChI is InChI=1S/C9H9ClO3.C2H6/c1-5-6(4-11)3-7(13-2)9(12)8(5)10;1-2/h3-4,12H,1-2H3;1-2H3. The zero-order chi connectivity index (χ0) is 12.0. The lowest BCUT2D eigenvalue weighted by atomic mass is 10.1. The van der Waals surface area contributed by atoms with Crippen LogP contribution in [0.5, 0.6) is 11.5 Å². The van der Waals surface area contributed by atoms with Crippen LogP contribution < -0.4 is 4.74 Å². The molecule has 1 N–H and O–H groups in total. The molecule has 0 aliphatic rings. The van der Waals surface area contributed by atoms with Gasteiger partial charge in [-0.25, -0.2) is 0 Å². The zero-order valence-electron chi connectivity index (χ0n) is 9.30. The van der Waals surface area contributed by atoms with E-state index in [4.69, 9.17) is 16.3 Å². The number of carbonyl (C=O) groups is 1. The molecule has 0 radical (unpaired) electrons. The van der Waals surface area contributed by atoms with Crippen molar-refractivity contribution in [3.8, 4) is 11.5 Å². The van der Waals surface area contributed by atoms with E-state index in [0.717, 1.165) is 0 Å². The largest absolute Gasteiger partial charge is 0.503 e. The summed E-state index contributed by atoms with van der Waals surface area (Å²) in [7, 11) is 1.40. The van der Waals surface area contributed by atoms with Gasteiger partial charge in [0.1, 0.15) is 0 Å². The van der Waals surface area contributed by atoms with Crippen LogP contribution in [0.1, 0.15) is 29.8 Å². The summed E-state index contributed by atoms with van der Waals surface area (Å²) >= 11 is 5.76. The highest BCUT2D eigenvalue weighted by molar-refractivity contribution is 6.33. The molecule has 1 rings (SSSR count). The van der Waals surface area contributed by atoms with E-state index in [0.29, 0.717) is 17.4 Å². The molecule has 1 aromatic rings. The van der Waals surface area contributed by atoms with Crippen LogP contribution in [0.4, 0.5) is 0 Å². The topological polar surface area (TPSA) is 46.5 Å². The number of phenolic OH excluding ortho intramolecular Hbond substituents is 1. The fourth-order valence-corrected chi connectivity index (χ4v) is 1.21. The quantitative estimate of drug-likeness (QED) is 0.794. The molecule has 0 aliphatic heterocycles. The normalized spacial score (nSPS) is 8.87. The molecule has 0 saturated heterocycles. The number of hydrogen-bond acceptors (Lipinski definition) is 3. The van der Waals surface area contributed by atoms with E-state index >= 15 is 0 Å². The molecule has 0 aromatic heterocycles. The van der Waals surface area contributed by atoms with Crippen LogP contribution >= 0.6 is 11.6 Å². The summed E-state index contributed by atoms with van der Waals surface area (Å²) in [5.74, 6) is 0.0740. The van der Waals surface area contributed by atoms with Crippen LogP contribution in [0.25, 0.3) is 0 Å². The number of hydrogen-bond donors (Lipinski definition) is 1. The van der Waals surface area contributed by atoms with Gasteiger partial charge in [-0.15, -0.1) is 0 Å². The van der Waals surface area contributed by atoms with Gasteiger partial charge in [-0.2, -0.15) is 0 Å². The maximum absolute atomic E-state index is 10.6. The van der Waals surface area contributed by atoms with Crippen molar-refractivity contribution < 1.29 is 14.6 Å². The first-order valence-electron chi connectivity index (χ1n) is 4.63. The Morgan fingerprint density at radius 3 is 2.40 bits per heavy atom. The summed E-state index contributed by atoms with van der Waals surface area (Å²) in [5, 5.41) is 9.58. The van der Waals surface area contributed by atoms with Gasteiger partial charge in [-0.1, -0.05) is 25.4 Å². The Balaban J connectivity index is 0.000000921. The third kappa shape index (κ3) is 2.86. The van der Waals surface area contributed by atoms with Crippen molar-refractivity contribution in [3.05, 3.63) is 22.2 Å². The summed E-state index contributed by atoms with van der Waals surface area (Å²) < 4.78 is 4.83. The van der Waals surface area contributed by atoms with Gasteiger partial charge in [0.25, 0.3) is 0 Å². The smallest absolute Gasteiger partial charge is 0.177 e. The molecular weight excluding hydrogens is 216 g/mol. The molecule has 0 fully saturated rings. The highest BCUT2D eigenvalue weighted by atomic mass is 35.5. The SMILES string of the molecule is CC.COc1cc(C=O)c(C)c(Cl)c1O. The summed E-state index contributed by atoms with van der Waals surface area (Å²) in [6.45, 7) is 5.66. The predicted molar refractivity (Wildman–Crippen MR) is 61.1 cm³/mol. The van der Waals surface area contributed by atoms with Gasteiger partial charge >= 0.3 is 0 Å². The Bertz CT molecular complexity index is 348. The number of methoxy groups -OCH3 is 1. The van der Waals surface area contributed by atoms with Crippen molar-refractivity contribution in [3.63, 3.8) is 0 Å². The summed E-state index contributed by atoms with van der Waals surface area (Å²) in [6, 6.07) is 1.45. The Kier molecular flexibility index (Phi) is 5.79. The van der Waals surface area contributed by atoms with Gasteiger partial charge in [0.15, 0.2) is 17.8 Å². The van der Waals surface area contributed by atoms with Gasteiger partial charge in [-0.3, -0.25) is 4.79 Å². The lowest BCUT2D eigenvalue weighted by Gasteiger charge is -2.08. The van der Waals surface area contributed by atoms with Crippen molar-refractivity contribution in [1.82, 2.24) is 0 Å². The predicted octanol–water partition coefficient (Wildman–Crippen LogP) is 3.20. The fraction of sp³-hybridized carbons (Fsp3) is 0.364. The third-order valence-electron chi connectivity index (χ3n) is 1.84. The van der Waals surface area contributed by atoms with Crippen molar-refractivity contribution in [1.29, 1.82) is 0 Å². The van der Waals surface area contributed by atoms with Crippen LogP contribution in [0, 0.1) is 6.92 Å². The highest BCUT2D eigenvalue weighted by Crippen LogP contribution is 2.37. The number of halogens is 1. The van der Waals surface area contributed by atoms with E-state index in [2.05, 4.69) is 0 Å². The molecule has 0 unspecified atom stereocenters. The number of benzene rings is 1. The average molecular weight is 231 g/mol. The van der Waals surface area contributed by atoms with E-state index in [-0.39, 0.29) is 16.5 Å². The Labute approximate surface area is 94.6 Å². The molecule has 0 amide bonds. The van der Waals surface area contributed by atoms with E-state index in [1.165, 1.54) is 13.2 Å². The number of phenols is 1. The summed E-state index contributed by atoms with van der Waals surface area (Å²) in [6.07, 6.45) is 0.670. The zero-order valence-corrected chi connectivity index (χ0v) is 10.1. The Morgan fingerprint density at radius 1 is 1.47 bits per heavy atom. The van der Waals surface area contributed by atoms with E-state index in [9.17, 15) is 9.90 Å². The van der Waals surface area contributed by atoms with Crippen molar-refractivity contribution in [2.75, 3.05) is 7.11 Å². The minimum Gasteiger partial charge on any atom is -0.503 e.